The number of aromatic hydroxyl groups is 2. The van der Waals surface area contributed by atoms with Crippen molar-refractivity contribution in [3.63, 3.8) is 0 Å². The maximum atomic E-state index is 13.5. The van der Waals surface area contributed by atoms with Gasteiger partial charge in [0, 0.05) is 12.1 Å². The van der Waals surface area contributed by atoms with Crippen LogP contribution >= 0.6 is 0 Å². The Morgan fingerprint density at radius 1 is 0.559 bits per heavy atom. The SMILES string of the molecule is O=C1[C@@H]2[C@H]3C=C[C@@H]([C@@H]2C(=O)N1c1cccc(O)c1)[C@@H]1[C@@H]2C(=O)N(c4cccc(O)c4)C(=O)[C@@H]2[C@@H]31. The van der Waals surface area contributed by atoms with E-state index in [0.717, 1.165) is 9.80 Å². The quantitative estimate of drug-likeness (QED) is 0.528. The molecule has 8 heteroatoms. The second-order valence-electron chi connectivity index (χ2n) is 9.86. The van der Waals surface area contributed by atoms with Gasteiger partial charge in [0.2, 0.25) is 23.6 Å². The average Bonchev–Trinajstić information content (AvgIpc) is 3.17. The third-order valence-electron chi connectivity index (χ3n) is 8.52. The van der Waals surface area contributed by atoms with Crippen molar-refractivity contribution in [1.82, 2.24) is 0 Å². The van der Waals surface area contributed by atoms with Crippen LogP contribution in [0.4, 0.5) is 11.4 Å². The monoisotopic (exact) mass is 456 g/mol. The second kappa shape index (κ2) is 6.34. The van der Waals surface area contributed by atoms with E-state index in [1.54, 1.807) is 24.3 Å². The van der Waals surface area contributed by atoms with Crippen LogP contribution in [-0.2, 0) is 19.2 Å². The first kappa shape index (κ1) is 19.5. The molecule has 2 aliphatic heterocycles. The molecular formula is C26H20N2O6. The van der Waals surface area contributed by atoms with E-state index in [9.17, 15) is 29.4 Å². The largest absolute Gasteiger partial charge is 0.508 e. The lowest BCUT2D eigenvalue weighted by Crippen LogP contribution is -2.63. The summed E-state index contributed by atoms with van der Waals surface area (Å²) in [5, 5.41) is 19.7. The van der Waals surface area contributed by atoms with Gasteiger partial charge in [-0.2, -0.15) is 0 Å². The Bertz CT molecular complexity index is 1290. The minimum atomic E-state index is -0.579. The Labute approximate surface area is 194 Å². The molecule has 8 nitrogen and oxygen atoms in total. The average molecular weight is 456 g/mol. The second-order valence-corrected chi connectivity index (χ2v) is 9.86. The fraction of sp³-hybridized carbons (Fsp3) is 0.308. The van der Waals surface area contributed by atoms with Crippen LogP contribution in [0.5, 0.6) is 11.5 Å². The van der Waals surface area contributed by atoms with Crippen LogP contribution in [0.25, 0.3) is 0 Å². The van der Waals surface area contributed by atoms with Crippen molar-refractivity contribution in [2.75, 3.05) is 9.80 Å². The number of hydrogen-bond donors (Lipinski definition) is 2. The van der Waals surface area contributed by atoms with Gasteiger partial charge in [-0.25, -0.2) is 9.80 Å². The number of allylic oxidation sites excluding steroid dienone is 2. The van der Waals surface area contributed by atoms with Crippen LogP contribution in [0.3, 0.4) is 0 Å². The lowest BCUT2D eigenvalue weighted by Gasteiger charge is -2.60. The lowest BCUT2D eigenvalue weighted by atomic mass is 9.40. The summed E-state index contributed by atoms with van der Waals surface area (Å²) in [5.74, 6) is -4.50. The Balaban J connectivity index is 1.26. The summed E-state index contributed by atoms with van der Waals surface area (Å²) in [4.78, 5) is 56.1. The summed E-state index contributed by atoms with van der Waals surface area (Å²) in [6.45, 7) is 0. The molecule has 2 aromatic rings. The third-order valence-corrected chi connectivity index (χ3v) is 8.52. The van der Waals surface area contributed by atoms with E-state index in [-0.39, 0.29) is 58.8 Å². The van der Waals surface area contributed by atoms with E-state index < -0.39 is 23.7 Å². The minimum Gasteiger partial charge on any atom is -0.508 e. The van der Waals surface area contributed by atoms with Crippen LogP contribution in [-0.4, -0.2) is 33.8 Å². The molecule has 4 fully saturated rings. The number of nitrogens with zero attached hydrogens (tertiary/aromatic N) is 2. The molecule has 0 spiro atoms. The summed E-state index contributed by atoms with van der Waals surface area (Å²) in [6, 6.07) is 12.1. The molecule has 0 unspecified atom stereocenters. The molecule has 4 amide bonds. The number of carbonyl (C=O) groups excluding carboxylic acids is 4. The normalized spacial score (nSPS) is 37.1. The van der Waals surface area contributed by atoms with Gasteiger partial charge in [0.25, 0.3) is 0 Å². The van der Waals surface area contributed by atoms with E-state index in [2.05, 4.69) is 0 Å². The van der Waals surface area contributed by atoms with E-state index in [1.807, 2.05) is 12.2 Å². The molecular weight excluding hydrogens is 436 g/mol. The van der Waals surface area contributed by atoms with Crippen molar-refractivity contribution in [3.05, 3.63) is 60.7 Å². The molecule has 0 aromatic heterocycles. The Morgan fingerprint density at radius 3 is 1.32 bits per heavy atom. The van der Waals surface area contributed by atoms with Gasteiger partial charge < -0.3 is 10.2 Å². The number of carbonyl (C=O) groups is 4. The first-order valence-electron chi connectivity index (χ1n) is 11.4. The Hall–Kier alpha value is -3.94. The number of benzene rings is 2. The zero-order valence-electron chi connectivity index (χ0n) is 17.8. The Morgan fingerprint density at radius 2 is 0.941 bits per heavy atom. The highest BCUT2D eigenvalue weighted by Crippen LogP contribution is 2.68. The van der Waals surface area contributed by atoms with Crippen molar-refractivity contribution in [1.29, 1.82) is 0 Å². The standard InChI is InChI=1S/C26H20N2O6/c29-13-5-1-3-11(9-13)27-23(31)19-15-7-8-16(20(19)24(27)32)18-17(15)21-22(18)26(34)28(25(21)33)12-4-2-6-14(30)10-12/h1-10,15-22,29-30H/t15-,16+,17-,18-,19+,20-,21+,22-/m0/s1. The highest BCUT2D eigenvalue weighted by Gasteiger charge is 2.75. The number of rotatable bonds is 2. The van der Waals surface area contributed by atoms with Crippen LogP contribution < -0.4 is 9.80 Å². The first-order chi connectivity index (χ1) is 16.4. The van der Waals surface area contributed by atoms with Gasteiger partial charge in [0.15, 0.2) is 0 Å². The topological polar surface area (TPSA) is 115 Å². The van der Waals surface area contributed by atoms with E-state index >= 15 is 0 Å². The van der Waals surface area contributed by atoms with Crippen molar-refractivity contribution in [3.8, 4) is 11.5 Å². The Kier molecular flexibility index (Phi) is 3.64. The van der Waals surface area contributed by atoms with Gasteiger partial charge in [0.1, 0.15) is 11.5 Å². The summed E-state index contributed by atoms with van der Waals surface area (Å²) >= 11 is 0. The predicted molar refractivity (Wildman–Crippen MR) is 118 cm³/mol. The number of fused-ring (bicyclic) bond motifs is 1. The summed E-state index contributed by atoms with van der Waals surface area (Å²) in [7, 11) is 0. The smallest absolute Gasteiger partial charge is 0.238 e. The van der Waals surface area contributed by atoms with Crippen molar-refractivity contribution < 1.29 is 29.4 Å². The van der Waals surface area contributed by atoms with Gasteiger partial charge in [-0.1, -0.05) is 24.3 Å². The molecule has 4 aliphatic carbocycles. The molecule has 2 saturated carbocycles. The number of phenolic OH excluding ortho intramolecular Hbond substituents is 2. The van der Waals surface area contributed by atoms with Crippen molar-refractivity contribution in [2.24, 2.45) is 47.3 Å². The highest BCUT2D eigenvalue weighted by molar-refractivity contribution is 6.25. The molecule has 2 bridgehead atoms. The molecule has 2 heterocycles. The maximum absolute atomic E-state index is 13.5. The third kappa shape index (κ3) is 2.18. The molecule has 8 atom stereocenters. The molecule has 170 valence electrons. The van der Waals surface area contributed by atoms with Crippen LogP contribution in [0, 0.1) is 47.3 Å². The number of imide groups is 2. The van der Waals surface area contributed by atoms with Gasteiger partial charge in [-0.15, -0.1) is 0 Å². The number of hydrogen-bond acceptors (Lipinski definition) is 6. The zero-order valence-corrected chi connectivity index (χ0v) is 17.8. The lowest BCUT2D eigenvalue weighted by molar-refractivity contribution is -0.166. The van der Waals surface area contributed by atoms with Crippen LogP contribution in [0.15, 0.2) is 60.7 Å². The molecule has 8 rings (SSSR count). The van der Waals surface area contributed by atoms with Crippen molar-refractivity contribution >= 4 is 35.0 Å². The van der Waals surface area contributed by atoms with Gasteiger partial charge >= 0.3 is 0 Å². The minimum absolute atomic E-state index is 0.0331. The highest BCUT2D eigenvalue weighted by atomic mass is 16.3. The van der Waals surface area contributed by atoms with Gasteiger partial charge in [-0.05, 0) is 47.9 Å². The molecule has 0 radical (unpaired) electrons. The van der Waals surface area contributed by atoms with E-state index in [1.165, 1.54) is 24.3 Å². The fourth-order valence-corrected chi connectivity index (χ4v) is 7.37. The van der Waals surface area contributed by atoms with Crippen LogP contribution in [0.2, 0.25) is 0 Å². The number of amides is 4. The fourth-order valence-electron chi connectivity index (χ4n) is 7.37. The summed E-state index contributed by atoms with van der Waals surface area (Å²) in [6.07, 6.45) is 3.91. The van der Waals surface area contributed by atoms with Crippen LogP contribution in [0.1, 0.15) is 0 Å². The summed E-state index contributed by atoms with van der Waals surface area (Å²) < 4.78 is 0. The molecule has 2 aromatic carbocycles. The molecule has 34 heavy (non-hydrogen) atoms. The maximum Gasteiger partial charge on any atom is 0.238 e. The van der Waals surface area contributed by atoms with Crippen molar-refractivity contribution in [2.45, 2.75) is 0 Å². The van der Waals surface area contributed by atoms with Gasteiger partial charge in [-0.3, -0.25) is 19.2 Å². The molecule has 2 N–H and O–H groups in total. The first-order valence-corrected chi connectivity index (χ1v) is 11.4. The van der Waals surface area contributed by atoms with E-state index in [0.29, 0.717) is 11.4 Å². The molecule has 2 saturated heterocycles. The number of phenols is 2. The summed E-state index contributed by atoms with van der Waals surface area (Å²) in [5.41, 5.74) is 0.669. The zero-order chi connectivity index (χ0) is 23.5. The van der Waals surface area contributed by atoms with Gasteiger partial charge in [0.05, 0.1) is 35.0 Å². The molecule has 6 aliphatic rings. The number of anilines is 2. The predicted octanol–water partition coefficient (Wildman–Crippen LogP) is 2.07. The van der Waals surface area contributed by atoms with E-state index in [4.69, 9.17) is 0 Å².